The van der Waals surface area contributed by atoms with E-state index in [1.807, 2.05) is 6.07 Å². The molecule has 0 spiro atoms. The number of benzene rings is 1. The van der Waals surface area contributed by atoms with Crippen LogP contribution in [0.4, 0.5) is 0 Å². The fourth-order valence-electron chi connectivity index (χ4n) is 1.45. The molecule has 0 amide bonds. The van der Waals surface area contributed by atoms with E-state index in [4.69, 9.17) is 26.7 Å². The van der Waals surface area contributed by atoms with E-state index < -0.39 is 5.97 Å². The third-order valence-electron chi connectivity index (χ3n) is 2.28. The topological polar surface area (TPSA) is 83.2 Å². The lowest BCUT2D eigenvalue weighted by atomic mass is 10.2. The molecule has 0 bridgehead atoms. The maximum atomic E-state index is 11.0. The second-order valence-corrected chi connectivity index (χ2v) is 3.89. The van der Waals surface area contributed by atoms with Crippen molar-refractivity contribution in [3.05, 3.63) is 52.8 Å². The van der Waals surface area contributed by atoms with Crippen LogP contribution in [0.2, 0.25) is 5.02 Å². The number of nitriles is 1. The number of pyridine rings is 1. The van der Waals surface area contributed by atoms with Crippen LogP contribution in [0.25, 0.3) is 0 Å². The normalized spacial score (nSPS) is 9.68. The molecule has 1 N–H and O–H groups in total. The van der Waals surface area contributed by atoms with Crippen molar-refractivity contribution in [3.63, 3.8) is 0 Å². The molecule has 2 rings (SSSR count). The van der Waals surface area contributed by atoms with E-state index in [0.29, 0.717) is 0 Å². The SMILES string of the molecule is N#Cc1c(Cl)cccc1Oc1cccnc1C(=O)O. The standard InChI is InChI=1S/C13H7ClN2O3/c14-9-3-1-4-10(8(9)7-15)19-11-5-2-6-16-12(11)13(17)18/h1-6H,(H,17,18). The molecule has 1 heterocycles. The van der Waals surface area contributed by atoms with Crippen molar-refractivity contribution in [2.24, 2.45) is 0 Å². The van der Waals surface area contributed by atoms with Crippen molar-refractivity contribution in [1.29, 1.82) is 5.26 Å². The Kier molecular flexibility index (Phi) is 3.64. The highest BCUT2D eigenvalue weighted by atomic mass is 35.5. The minimum absolute atomic E-state index is 0.0498. The minimum Gasteiger partial charge on any atom is -0.476 e. The number of carboxylic acid groups (broad SMARTS) is 1. The number of nitrogens with zero attached hydrogens (tertiary/aromatic N) is 2. The number of aromatic carboxylic acids is 1. The maximum Gasteiger partial charge on any atom is 0.358 e. The van der Waals surface area contributed by atoms with Gasteiger partial charge in [-0.15, -0.1) is 0 Å². The second kappa shape index (κ2) is 5.38. The highest BCUT2D eigenvalue weighted by Crippen LogP contribution is 2.30. The molecule has 94 valence electrons. The zero-order valence-corrected chi connectivity index (χ0v) is 10.3. The lowest BCUT2D eigenvalue weighted by molar-refractivity contribution is 0.0687. The summed E-state index contributed by atoms with van der Waals surface area (Å²) in [6.45, 7) is 0. The Bertz CT molecular complexity index is 680. The summed E-state index contributed by atoms with van der Waals surface area (Å²) >= 11 is 5.86. The van der Waals surface area contributed by atoms with Gasteiger partial charge < -0.3 is 9.84 Å². The molecule has 1 aromatic carbocycles. The molecule has 0 unspecified atom stereocenters. The lowest BCUT2D eigenvalue weighted by Gasteiger charge is -2.09. The van der Waals surface area contributed by atoms with Gasteiger partial charge in [0.25, 0.3) is 0 Å². The van der Waals surface area contributed by atoms with Crippen molar-refractivity contribution < 1.29 is 14.6 Å². The number of carboxylic acids is 1. The smallest absolute Gasteiger partial charge is 0.358 e. The van der Waals surface area contributed by atoms with E-state index in [0.717, 1.165) is 0 Å². The molecule has 0 atom stereocenters. The molecule has 0 aliphatic rings. The van der Waals surface area contributed by atoms with E-state index in [2.05, 4.69) is 4.98 Å². The molecule has 6 heteroatoms. The van der Waals surface area contributed by atoms with Crippen LogP contribution in [0.15, 0.2) is 36.5 Å². The molecule has 1 aromatic heterocycles. The quantitative estimate of drug-likeness (QED) is 0.930. The minimum atomic E-state index is -1.21. The molecule has 19 heavy (non-hydrogen) atoms. The Balaban J connectivity index is 2.46. The Morgan fingerprint density at radius 3 is 2.74 bits per heavy atom. The molecule has 2 aromatic rings. The van der Waals surface area contributed by atoms with Crippen LogP contribution in [0.1, 0.15) is 16.1 Å². The van der Waals surface area contributed by atoms with Gasteiger partial charge >= 0.3 is 5.97 Å². The number of rotatable bonds is 3. The summed E-state index contributed by atoms with van der Waals surface area (Å²) in [6.07, 6.45) is 1.35. The molecule has 0 aliphatic carbocycles. The lowest BCUT2D eigenvalue weighted by Crippen LogP contribution is -2.03. The molecule has 0 saturated heterocycles. The fraction of sp³-hybridized carbons (Fsp3) is 0. The number of ether oxygens (including phenoxy) is 1. The van der Waals surface area contributed by atoms with Crippen LogP contribution in [-0.2, 0) is 0 Å². The maximum absolute atomic E-state index is 11.0. The first-order valence-corrected chi connectivity index (χ1v) is 5.56. The number of hydrogen-bond donors (Lipinski definition) is 1. The molecule has 0 fully saturated rings. The van der Waals surface area contributed by atoms with Gasteiger partial charge in [-0.2, -0.15) is 5.26 Å². The second-order valence-electron chi connectivity index (χ2n) is 3.48. The van der Waals surface area contributed by atoms with Gasteiger partial charge in [0.05, 0.1) is 5.02 Å². The van der Waals surface area contributed by atoms with Crippen LogP contribution in [0.3, 0.4) is 0 Å². The van der Waals surface area contributed by atoms with Crippen LogP contribution < -0.4 is 4.74 Å². The van der Waals surface area contributed by atoms with Crippen LogP contribution in [0, 0.1) is 11.3 Å². The average molecular weight is 275 g/mol. The van der Waals surface area contributed by atoms with Gasteiger partial charge in [0.2, 0.25) is 0 Å². The van der Waals surface area contributed by atoms with Crippen molar-refractivity contribution in [3.8, 4) is 17.6 Å². The third-order valence-corrected chi connectivity index (χ3v) is 2.60. The first-order chi connectivity index (χ1) is 9.13. The van der Waals surface area contributed by atoms with Gasteiger partial charge in [-0.25, -0.2) is 9.78 Å². The van der Waals surface area contributed by atoms with Crippen molar-refractivity contribution in [1.82, 2.24) is 4.98 Å². The van der Waals surface area contributed by atoms with Crippen LogP contribution >= 0.6 is 11.6 Å². The van der Waals surface area contributed by atoms with E-state index in [9.17, 15) is 4.79 Å². The van der Waals surface area contributed by atoms with Gasteiger partial charge in [0.15, 0.2) is 11.4 Å². The van der Waals surface area contributed by atoms with Crippen molar-refractivity contribution >= 4 is 17.6 Å². The summed E-state index contributed by atoms with van der Waals surface area (Å²) in [4.78, 5) is 14.7. The van der Waals surface area contributed by atoms with Gasteiger partial charge in [0, 0.05) is 6.20 Å². The number of halogens is 1. The van der Waals surface area contributed by atoms with Gasteiger partial charge in [0.1, 0.15) is 17.4 Å². The Labute approximate surface area is 113 Å². The Hall–Kier alpha value is -2.58. The van der Waals surface area contributed by atoms with E-state index >= 15 is 0 Å². The van der Waals surface area contributed by atoms with Crippen LogP contribution in [0.5, 0.6) is 11.5 Å². The highest BCUT2D eigenvalue weighted by molar-refractivity contribution is 6.31. The van der Waals surface area contributed by atoms with Gasteiger partial charge in [-0.3, -0.25) is 0 Å². The van der Waals surface area contributed by atoms with E-state index in [-0.39, 0.29) is 27.8 Å². The number of hydrogen-bond acceptors (Lipinski definition) is 4. The Morgan fingerprint density at radius 1 is 1.32 bits per heavy atom. The Morgan fingerprint density at radius 2 is 2.05 bits per heavy atom. The molecule has 0 radical (unpaired) electrons. The van der Waals surface area contributed by atoms with Crippen LogP contribution in [-0.4, -0.2) is 16.1 Å². The first-order valence-electron chi connectivity index (χ1n) is 5.18. The highest BCUT2D eigenvalue weighted by Gasteiger charge is 2.15. The molecular formula is C13H7ClN2O3. The molecule has 0 saturated carbocycles. The average Bonchev–Trinajstić information content (AvgIpc) is 2.39. The summed E-state index contributed by atoms with van der Waals surface area (Å²) < 4.78 is 5.42. The van der Waals surface area contributed by atoms with Gasteiger partial charge in [-0.05, 0) is 24.3 Å². The predicted octanol–water partition coefficient (Wildman–Crippen LogP) is 3.10. The first kappa shape index (κ1) is 12.9. The summed E-state index contributed by atoms with van der Waals surface area (Å²) in [6, 6.07) is 9.59. The summed E-state index contributed by atoms with van der Waals surface area (Å²) in [5.74, 6) is -0.976. The van der Waals surface area contributed by atoms with Crippen molar-refractivity contribution in [2.45, 2.75) is 0 Å². The number of carbonyl (C=O) groups is 1. The molecular weight excluding hydrogens is 268 g/mol. The summed E-state index contributed by atoms with van der Waals surface area (Å²) in [5, 5.41) is 18.2. The molecule has 5 nitrogen and oxygen atoms in total. The van der Waals surface area contributed by atoms with Crippen molar-refractivity contribution in [2.75, 3.05) is 0 Å². The zero-order valence-electron chi connectivity index (χ0n) is 9.50. The van der Waals surface area contributed by atoms with E-state index in [1.165, 1.54) is 18.3 Å². The molecule has 0 aliphatic heterocycles. The number of aromatic nitrogens is 1. The summed E-state index contributed by atoms with van der Waals surface area (Å²) in [7, 11) is 0. The van der Waals surface area contributed by atoms with Gasteiger partial charge in [-0.1, -0.05) is 17.7 Å². The monoisotopic (exact) mass is 274 g/mol. The fourth-order valence-corrected chi connectivity index (χ4v) is 1.66. The van der Waals surface area contributed by atoms with E-state index in [1.54, 1.807) is 18.2 Å². The predicted molar refractivity (Wildman–Crippen MR) is 67.4 cm³/mol. The third kappa shape index (κ3) is 2.64. The largest absolute Gasteiger partial charge is 0.476 e. The zero-order chi connectivity index (χ0) is 13.8. The summed E-state index contributed by atoms with van der Waals surface area (Å²) in [5.41, 5.74) is -0.0873.